The Hall–Kier alpha value is -0.830. The first-order valence-corrected chi connectivity index (χ1v) is 7.88. The van der Waals surface area contributed by atoms with E-state index >= 15 is 0 Å². The van der Waals surface area contributed by atoms with E-state index in [0.29, 0.717) is 6.04 Å². The van der Waals surface area contributed by atoms with Crippen LogP contribution in [0.15, 0.2) is 12.3 Å². The lowest BCUT2D eigenvalue weighted by Gasteiger charge is -2.33. The molecule has 1 aromatic rings. The molecule has 0 aliphatic heterocycles. The van der Waals surface area contributed by atoms with Crippen molar-refractivity contribution in [2.24, 2.45) is 18.9 Å². The Morgan fingerprint density at radius 2 is 2.11 bits per heavy atom. The molecule has 1 aliphatic carbocycles. The fourth-order valence-corrected chi connectivity index (χ4v) is 3.59. The molecule has 0 radical (unpaired) electrons. The molecule has 0 spiro atoms. The molecule has 1 aromatic heterocycles. The summed E-state index contributed by atoms with van der Waals surface area (Å²) in [5, 5.41) is 8.04. The molecular weight excluding hydrogens is 234 g/mol. The number of aromatic nitrogens is 2. The Labute approximate surface area is 117 Å². The van der Waals surface area contributed by atoms with E-state index < -0.39 is 0 Å². The summed E-state index contributed by atoms with van der Waals surface area (Å²) in [6.07, 6.45) is 11.5. The highest BCUT2D eigenvalue weighted by Crippen LogP contribution is 2.33. The molecule has 0 saturated heterocycles. The predicted octanol–water partition coefficient (Wildman–Crippen LogP) is 3.16. The average Bonchev–Trinajstić information content (AvgIpc) is 2.83. The summed E-state index contributed by atoms with van der Waals surface area (Å²) >= 11 is 0. The van der Waals surface area contributed by atoms with Crippen LogP contribution in [-0.2, 0) is 13.5 Å². The zero-order valence-electron chi connectivity index (χ0n) is 12.7. The molecule has 1 saturated carbocycles. The third-order valence-corrected chi connectivity index (χ3v) is 4.73. The summed E-state index contributed by atoms with van der Waals surface area (Å²) in [5.74, 6) is 1.83. The third-order valence-electron chi connectivity index (χ3n) is 4.73. The molecule has 1 atom stereocenters. The quantitative estimate of drug-likeness (QED) is 0.854. The van der Waals surface area contributed by atoms with Gasteiger partial charge < -0.3 is 5.32 Å². The Balaban J connectivity index is 1.85. The second-order valence-electron chi connectivity index (χ2n) is 6.15. The molecule has 1 unspecified atom stereocenters. The molecule has 1 heterocycles. The van der Waals surface area contributed by atoms with Crippen LogP contribution in [-0.4, -0.2) is 22.9 Å². The maximum absolute atomic E-state index is 4.51. The zero-order chi connectivity index (χ0) is 13.7. The summed E-state index contributed by atoms with van der Waals surface area (Å²) in [6.45, 7) is 2.31. The number of nitrogens with zero attached hydrogens (tertiary/aromatic N) is 2. The van der Waals surface area contributed by atoms with E-state index in [4.69, 9.17) is 0 Å². The van der Waals surface area contributed by atoms with Crippen molar-refractivity contribution in [1.82, 2.24) is 15.1 Å². The van der Waals surface area contributed by atoms with Crippen LogP contribution in [0.3, 0.4) is 0 Å². The highest BCUT2D eigenvalue weighted by Gasteiger charge is 2.26. The van der Waals surface area contributed by atoms with Gasteiger partial charge in [0.15, 0.2) is 0 Å². The zero-order valence-corrected chi connectivity index (χ0v) is 12.7. The number of hydrogen-bond acceptors (Lipinski definition) is 2. The maximum Gasteiger partial charge on any atom is 0.0640 e. The molecule has 1 fully saturated rings. The minimum absolute atomic E-state index is 0.595. The van der Waals surface area contributed by atoms with E-state index in [1.165, 1.54) is 44.2 Å². The highest BCUT2D eigenvalue weighted by atomic mass is 15.2. The molecule has 0 amide bonds. The van der Waals surface area contributed by atoms with Crippen LogP contribution in [0, 0.1) is 11.8 Å². The van der Waals surface area contributed by atoms with Gasteiger partial charge in [-0.25, -0.2) is 0 Å². The molecular formula is C16H29N3. The van der Waals surface area contributed by atoms with E-state index in [1.807, 2.05) is 17.9 Å². The van der Waals surface area contributed by atoms with Crippen molar-refractivity contribution in [2.45, 2.75) is 57.9 Å². The first kappa shape index (κ1) is 14.6. The smallest absolute Gasteiger partial charge is 0.0640 e. The SMILES string of the molecule is CCCC1CCC(C(Cc2ccn(C)n2)NC)CC1. The maximum atomic E-state index is 4.51. The minimum atomic E-state index is 0.595. The third kappa shape index (κ3) is 4.07. The van der Waals surface area contributed by atoms with Crippen molar-refractivity contribution >= 4 is 0 Å². The summed E-state index contributed by atoms with van der Waals surface area (Å²) in [6, 6.07) is 2.74. The molecule has 1 aliphatic rings. The summed E-state index contributed by atoms with van der Waals surface area (Å²) in [5.41, 5.74) is 1.22. The lowest BCUT2D eigenvalue weighted by atomic mass is 9.76. The summed E-state index contributed by atoms with van der Waals surface area (Å²) in [4.78, 5) is 0. The van der Waals surface area contributed by atoms with Gasteiger partial charge in [0.25, 0.3) is 0 Å². The Morgan fingerprint density at radius 1 is 1.37 bits per heavy atom. The van der Waals surface area contributed by atoms with E-state index in [-0.39, 0.29) is 0 Å². The fraction of sp³-hybridized carbons (Fsp3) is 0.812. The van der Waals surface area contributed by atoms with E-state index in [9.17, 15) is 0 Å². The van der Waals surface area contributed by atoms with Crippen LogP contribution < -0.4 is 5.32 Å². The molecule has 1 N–H and O–H groups in total. The highest BCUT2D eigenvalue weighted by molar-refractivity contribution is 5.02. The largest absolute Gasteiger partial charge is 0.316 e. The first-order valence-electron chi connectivity index (χ1n) is 7.88. The van der Waals surface area contributed by atoms with E-state index in [2.05, 4.69) is 30.5 Å². The molecule has 2 rings (SSSR count). The fourth-order valence-electron chi connectivity index (χ4n) is 3.59. The van der Waals surface area contributed by atoms with Crippen molar-refractivity contribution in [3.63, 3.8) is 0 Å². The minimum Gasteiger partial charge on any atom is -0.316 e. The second-order valence-corrected chi connectivity index (χ2v) is 6.15. The van der Waals surface area contributed by atoms with Gasteiger partial charge in [-0.2, -0.15) is 5.10 Å². The van der Waals surface area contributed by atoms with Crippen LogP contribution in [0.1, 0.15) is 51.1 Å². The lowest BCUT2D eigenvalue weighted by molar-refractivity contribution is 0.217. The predicted molar refractivity (Wildman–Crippen MR) is 80.1 cm³/mol. The van der Waals surface area contributed by atoms with E-state index in [0.717, 1.165) is 18.3 Å². The number of rotatable bonds is 6. The van der Waals surface area contributed by atoms with Crippen LogP contribution in [0.2, 0.25) is 0 Å². The van der Waals surface area contributed by atoms with Crippen molar-refractivity contribution < 1.29 is 0 Å². The van der Waals surface area contributed by atoms with Crippen LogP contribution >= 0.6 is 0 Å². The van der Waals surface area contributed by atoms with Crippen molar-refractivity contribution in [3.8, 4) is 0 Å². The first-order chi connectivity index (χ1) is 9.22. The Morgan fingerprint density at radius 3 is 2.63 bits per heavy atom. The van der Waals surface area contributed by atoms with Crippen LogP contribution in [0.5, 0.6) is 0 Å². The summed E-state index contributed by atoms with van der Waals surface area (Å²) in [7, 11) is 4.10. The monoisotopic (exact) mass is 263 g/mol. The van der Waals surface area contributed by atoms with Gasteiger partial charge in [0.2, 0.25) is 0 Å². The van der Waals surface area contributed by atoms with Gasteiger partial charge in [-0.15, -0.1) is 0 Å². The topological polar surface area (TPSA) is 29.9 Å². The van der Waals surface area contributed by atoms with Crippen LogP contribution in [0.25, 0.3) is 0 Å². The second kappa shape index (κ2) is 7.09. The molecule has 108 valence electrons. The van der Waals surface area contributed by atoms with Gasteiger partial charge in [-0.1, -0.05) is 32.6 Å². The van der Waals surface area contributed by atoms with Crippen LogP contribution in [0.4, 0.5) is 0 Å². The van der Waals surface area contributed by atoms with Crippen molar-refractivity contribution in [2.75, 3.05) is 7.05 Å². The number of aryl methyl sites for hydroxylation is 1. The number of nitrogens with one attached hydrogen (secondary N) is 1. The van der Waals surface area contributed by atoms with Gasteiger partial charge in [-0.3, -0.25) is 4.68 Å². The standard InChI is InChI=1S/C16H29N3/c1-4-5-13-6-8-14(9-7-13)16(17-2)12-15-10-11-19(3)18-15/h10-11,13-14,16-17H,4-9,12H2,1-3H3. The van der Waals surface area contributed by atoms with Gasteiger partial charge in [0.05, 0.1) is 5.69 Å². The van der Waals surface area contributed by atoms with Gasteiger partial charge >= 0.3 is 0 Å². The summed E-state index contributed by atoms with van der Waals surface area (Å²) < 4.78 is 1.90. The lowest BCUT2D eigenvalue weighted by Crippen LogP contribution is -2.37. The average molecular weight is 263 g/mol. The van der Waals surface area contributed by atoms with E-state index in [1.54, 1.807) is 0 Å². The molecule has 3 nitrogen and oxygen atoms in total. The molecule has 19 heavy (non-hydrogen) atoms. The Kier molecular flexibility index (Phi) is 5.44. The molecule has 0 bridgehead atoms. The van der Waals surface area contributed by atoms with Crippen molar-refractivity contribution in [1.29, 1.82) is 0 Å². The molecule has 3 heteroatoms. The number of likely N-dealkylation sites (N-methyl/N-ethyl adjacent to an activating group) is 1. The number of hydrogen-bond donors (Lipinski definition) is 1. The van der Waals surface area contributed by atoms with Gasteiger partial charge in [0, 0.05) is 25.7 Å². The molecule has 0 aromatic carbocycles. The van der Waals surface area contributed by atoms with Crippen molar-refractivity contribution in [3.05, 3.63) is 18.0 Å². The van der Waals surface area contributed by atoms with Gasteiger partial charge in [0.1, 0.15) is 0 Å². The Bertz CT molecular complexity index is 364. The normalized spacial score (nSPS) is 25.4. The van der Waals surface area contributed by atoms with Gasteiger partial charge in [-0.05, 0) is 37.8 Å².